The van der Waals surface area contributed by atoms with E-state index in [2.05, 4.69) is 64.8 Å². The Bertz CT molecular complexity index is 847. The molecule has 0 saturated heterocycles. The maximum atomic E-state index is 5.66. The first kappa shape index (κ1) is 16.3. The Morgan fingerprint density at radius 2 is 1.87 bits per heavy atom. The van der Waals surface area contributed by atoms with E-state index in [0.717, 1.165) is 16.3 Å². The highest BCUT2D eigenvalue weighted by molar-refractivity contribution is 7.99. The van der Waals surface area contributed by atoms with Crippen molar-refractivity contribution in [1.82, 2.24) is 4.98 Å². The van der Waals surface area contributed by atoms with Gasteiger partial charge >= 0.3 is 0 Å². The normalized spacial score (nSPS) is 12.3. The van der Waals surface area contributed by atoms with Gasteiger partial charge in [-0.3, -0.25) is 0 Å². The molecule has 0 spiro atoms. The minimum Gasteiger partial charge on any atom is -0.343 e. The Balaban J connectivity index is 0.00000156. The summed E-state index contributed by atoms with van der Waals surface area (Å²) in [4.78, 5) is 9.41. The molecule has 0 aliphatic carbocycles. The van der Waals surface area contributed by atoms with Crippen LogP contribution in [0, 0.1) is 0 Å². The minimum atomic E-state index is 0. The van der Waals surface area contributed by atoms with Gasteiger partial charge in [0.2, 0.25) is 0 Å². The fourth-order valence-corrected chi connectivity index (χ4v) is 4.44. The zero-order valence-corrected chi connectivity index (χ0v) is 15.0. The summed E-state index contributed by atoms with van der Waals surface area (Å²) in [5.41, 5.74) is 10.3. The number of anilines is 2. The van der Waals surface area contributed by atoms with Gasteiger partial charge in [0.1, 0.15) is 5.01 Å². The zero-order valence-electron chi connectivity index (χ0n) is 12.5. The van der Waals surface area contributed by atoms with Crippen molar-refractivity contribution in [3.8, 4) is 11.3 Å². The predicted molar refractivity (Wildman–Crippen MR) is 101 cm³/mol. The second kappa shape index (κ2) is 6.53. The van der Waals surface area contributed by atoms with Crippen LogP contribution in [0.5, 0.6) is 0 Å². The average molecular weight is 362 g/mol. The van der Waals surface area contributed by atoms with Gasteiger partial charge in [0, 0.05) is 34.3 Å². The van der Waals surface area contributed by atoms with E-state index in [1.807, 2.05) is 11.8 Å². The topological polar surface area (TPSA) is 42.1 Å². The Hall–Kier alpha value is -1.53. The summed E-state index contributed by atoms with van der Waals surface area (Å²) < 4.78 is 0. The number of nitrogens with two attached hydrogens (primary N) is 1. The molecule has 0 saturated carbocycles. The Kier molecular flexibility index (Phi) is 4.64. The predicted octanol–water partition coefficient (Wildman–Crippen LogP) is 4.92. The monoisotopic (exact) mass is 361 g/mol. The first-order valence-electron chi connectivity index (χ1n) is 7.06. The first-order valence-corrected chi connectivity index (χ1v) is 8.75. The molecule has 1 aliphatic rings. The molecule has 3 aromatic rings. The molecule has 0 bridgehead atoms. The van der Waals surface area contributed by atoms with E-state index >= 15 is 0 Å². The molecule has 0 fully saturated rings. The molecular formula is C17H16ClN3S2. The van der Waals surface area contributed by atoms with Gasteiger partial charge in [-0.25, -0.2) is 4.98 Å². The molecule has 1 aliphatic heterocycles. The van der Waals surface area contributed by atoms with E-state index in [0.29, 0.717) is 6.54 Å². The van der Waals surface area contributed by atoms with Crippen LogP contribution < -0.4 is 10.6 Å². The molecule has 4 rings (SSSR count). The van der Waals surface area contributed by atoms with Gasteiger partial charge in [-0.15, -0.1) is 23.7 Å². The number of halogens is 1. The van der Waals surface area contributed by atoms with E-state index in [9.17, 15) is 0 Å². The van der Waals surface area contributed by atoms with Crippen LogP contribution in [-0.4, -0.2) is 12.0 Å². The van der Waals surface area contributed by atoms with E-state index < -0.39 is 0 Å². The maximum absolute atomic E-state index is 5.66. The second-order valence-electron chi connectivity index (χ2n) is 5.14. The summed E-state index contributed by atoms with van der Waals surface area (Å²) in [6, 6.07) is 15.0. The summed E-state index contributed by atoms with van der Waals surface area (Å²) in [5, 5.41) is 3.05. The highest BCUT2D eigenvalue weighted by atomic mass is 35.5. The molecule has 23 heavy (non-hydrogen) atoms. The van der Waals surface area contributed by atoms with Crippen molar-refractivity contribution >= 4 is 46.9 Å². The molecule has 118 valence electrons. The third kappa shape index (κ3) is 2.85. The van der Waals surface area contributed by atoms with Crippen molar-refractivity contribution in [3.63, 3.8) is 0 Å². The molecule has 0 radical (unpaired) electrons. The number of fused-ring (bicyclic) bond motifs is 2. The summed E-state index contributed by atoms with van der Waals surface area (Å²) in [5.74, 6) is 0. The largest absolute Gasteiger partial charge is 0.343 e. The molecule has 2 heterocycles. The highest BCUT2D eigenvalue weighted by Gasteiger charge is 2.21. The summed E-state index contributed by atoms with van der Waals surface area (Å²) in [6.45, 7) is 0.499. The fraction of sp³-hybridized carbons (Fsp3) is 0.118. The van der Waals surface area contributed by atoms with Gasteiger partial charge in [0.05, 0.1) is 17.1 Å². The van der Waals surface area contributed by atoms with Gasteiger partial charge < -0.3 is 10.6 Å². The number of nitrogens with zero attached hydrogens (tertiary/aromatic N) is 2. The van der Waals surface area contributed by atoms with Crippen molar-refractivity contribution in [3.05, 3.63) is 52.9 Å². The third-order valence-corrected chi connectivity index (χ3v) is 5.79. The third-order valence-electron chi connectivity index (χ3n) is 3.79. The molecular weight excluding hydrogens is 346 g/mol. The van der Waals surface area contributed by atoms with Crippen molar-refractivity contribution in [1.29, 1.82) is 0 Å². The second-order valence-corrected chi connectivity index (χ2v) is 7.17. The van der Waals surface area contributed by atoms with Crippen LogP contribution in [0.1, 0.15) is 5.01 Å². The van der Waals surface area contributed by atoms with Gasteiger partial charge in [-0.2, -0.15) is 0 Å². The van der Waals surface area contributed by atoms with E-state index in [-0.39, 0.29) is 12.4 Å². The van der Waals surface area contributed by atoms with Crippen LogP contribution in [0.3, 0.4) is 0 Å². The van der Waals surface area contributed by atoms with Crippen LogP contribution in [-0.2, 0) is 6.54 Å². The van der Waals surface area contributed by atoms with Crippen molar-refractivity contribution in [2.45, 2.75) is 16.3 Å². The Morgan fingerprint density at radius 3 is 2.65 bits per heavy atom. The van der Waals surface area contributed by atoms with Crippen LogP contribution in [0.15, 0.2) is 57.6 Å². The van der Waals surface area contributed by atoms with Crippen LogP contribution in [0.2, 0.25) is 0 Å². The van der Waals surface area contributed by atoms with Gasteiger partial charge in [0.25, 0.3) is 0 Å². The van der Waals surface area contributed by atoms with Crippen molar-refractivity contribution in [2.75, 3.05) is 11.9 Å². The lowest BCUT2D eigenvalue weighted by atomic mass is 10.1. The number of para-hydroxylation sites is 1. The number of aromatic nitrogens is 1. The fourth-order valence-electron chi connectivity index (χ4n) is 2.63. The standard InChI is InChI=1S/C17H15N3S2.ClH/c1-20-13-4-2-3-5-15(13)22-16-7-6-11(8-14(16)20)12-10-21-17(9-18)19-12;/h2-8,10H,9,18H2,1H3;1H. The molecule has 2 aromatic carbocycles. The maximum Gasteiger partial charge on any atom is 0.107 e. The molecule has 1 aromatic heterocycles. The van der Waals surface area contributed by atoms with E-state index in [1.165, 1.54) is 21.2 Å². The van der Waals surface area contributed by atoms with Gasteiger partial charge in [-0.1, -0.05) is 30.0 Å². The van der Waals surface area contributed by atoms with E-state index in [1.54, 1.807) is 11.3 Å². The van der Waals surface area contributed by atoms with Gasteiger partial charge in [0.15, 0.2) is 0 Å². The lowest BCUT2D eigenvalue weighted by Crippen LogP contribution is -2.14. The highest BCUT2D eigenvalue weighted by Crippen LogP contribution is 2.48. The minimum absolute atomic E-state index is 0. The molecule has 2 N–H and O–H groups in total. The summed E-state index contributed by atoms with van der Waals surface area (Å²) >= 11 is 3.44. The van der Waals surface area contributed by atoms with Crippen LogP contribution in [0.25, 0.3) is 11.3 Å². The van der Waals surface area contributed by atoms with Crippen LogP contribution >= 0.6 is 35.5 Å². The summed E-state index contributed by atoms with van der Waals surface area (Å²) in [7, 11) is 2.12. The number of benzene rings is 2. The smallest absolute Gasteiger partial charge is 0.107 e. The van der Waals surface area contributed by atoms with Crippen molar-refractivity contribution < 1.29 is 0 Å². The Labute approximate surface area is 150 Å². The lowest BCUT2D eigenvalue weighted by Gasteiger charge is -2.29. The summed E-state index contributed by atoms with van der Waals surface area (Å²) in [6.07, 6.45) is 0. The number of thiazole rings is 1. The quantitative estimate of drug-likeness (QED) is 0.703. The zero-order chi connectivity index (χ0) is 15.1. The number of rotatable bonds is 2. The van der Waals surface area contributed by atoms with Crippen LogP contribution in [0.4, 0.5) is 11.4 Å². The molecule has 6 heteroatoms. The van der Waals surface area contributed by atoms with Gasteiger partial charge in [-0.05, 0) is 24.3 Å². The van der Waals surface area contributed by atoms with E-state index in [4.69, 9.17) is 5.73 Å². The average Bonchev–Trinajstić information content (AvgIpc) is 3.04. The molecule has 0 amide bonds. The number of hydrogen-bond donors (Lipinski definition) is 1. The molecule has 3 nitrogen and oxygen atoms in total. The molecule has 0 atom stereocenters. The lowest BCUT2D eigenvalue weighted by molar-refractivity contribution is 1.04. The van der Waals surface area contributed by atoms with Crippen molar-refractivity contribution in [2.24, 2.45) is 5.73 Å². The molecule has 0 unspecified atom stereocenters. The Morgan fingerprint density at radius 1 is 1.09 bits per heavy atom. The SMILES string of the molecule is CN1c2ccccc2Sc2ccc(-c3csc(CN)n3)cc21.Cl. The first-order chi connectivity index (χ1) is 10.8. The number of hydrogen-bond acceptors (Lipinski definition) is 5.